The van der Waals surface area contributed by atoms with Crippen molar-refractivity contribution in [2.45, 2.75) is 23.8 Å². The standard InChI is InChI=1S/C13H13FN2S/c1-8-5-9(2)16-13(6-8)17-12-4-3-10(15)7-11(12)14/h3-7H,15H2,1-2H3. The first kappa shape index (κ1) is 11.9. The quantitative estimate of drug-likeness (QED) is 0.826. The first-order valence-corrected chi connectivity index (χ1v) is 6.04. The molecule has 0 aliphatic rings. The van der Waals surface area contributed by atoms with Crippen molar-refractivity contribution in [3.63, 3.8) is 0 Å². The van der Waals surface area contributed by atoms with Gasteiger partial charge in [0.1, 0.15) is 10.8 Å². The van der Waals surface area contributed by atoms with Gasteiger partial charge in [0.15, 0.2) is 0 Å². The molecule has 1 aromatic heterocycles. The molecule has 2 rings (SSSR count). The number of aryl methyl sites for hydroxylation is 2. The van der Waals surface area contributed by atoms with Crippen LogP contribution in [-0.2, 0) is 0 Å². The van der Waals surface area contributed by atoms with E-state index in [0.717, 1.165) is 16.3 Å². The lowest BCUT2D eigenvalue weighted by atomic mass is 10.3. The molecule has 2 aromatic rings. The summed E-state index contributed by atoms with van der Waals surface area (Å²) in [4.78, 5) is 4.90. The van der Waals surface area contributed by atoms with Crippen LogP contribution < -0.4 is 5.73 Å². The molecule has 2 nitrogen and oxygen atoms in total. The van der Waals surface area contributed by atoms with Gasteiger partial charge in [0.2, 0.25) is 0 Å². The maximum absolute atomic E-state index is 13.6. The molecule has 0 fully saturated rings. The Hall–Kier alpha value is -1.55. The third-order valence-electron chi connectivity index (χ3n) is 2.24. The number of anilines is 1. The van der Waals surface area contributed by atoms with Crippen molar-refractivity contribution < 1.29 is 4.39 Å². The molecule has 0 amide bonds. The van der Waals surface area contributed by atoms with E-state index in [9.17, 15) is 4.39 Å². The molecule has 0 bridgehead atoms. The zero-order chi connectivity index (χ0) is 12.4. The van der Waals surface area contributed by atoms with Gasteiger partial charge < -0.3 is 5.73 Å². The molecule has 1 heterocycles. The first-order valence-electron chi connectivity index (χ1n) is 5.23. The molecule has 0 saturated heterocycles. The van der Waals surface area contributed by atoms with Crippen molar-refractivity contribution in [3.8, 4) is 0 Å². The largest absolute Gasteiger partial charge is 0.399 e. The van der Waals surface area contributed by atoms with Crippen molar-refractivity contribution in [2.24, 2.45) is 0 Å². The maximum atomic E-state index is 13.6. The third-order valence-corrected chi connectivity index (χ3v) is 3.21. The van der Waals surface area contributed by atoms with E-state index >= 15 is 0 Å². The molecular weight excluding hydrogens is 235 g/mol. The van der Waals surface area contributed by atoms with Crippen LogP contribution in [0.5, 0.6) is 0 Å². The Balaban J connectivity index is 2.31. The molecule has 0 spiro atoms. The van der Waals surface area contributed by atoms with Crippen LogP contribution in [0.4, 0.5) is 10.1 Å². The Morgan fingerprint density at radius 3 is 2.59 bits per heavy atom. The summed E-state index contributed by atoms with van der Waals surface area (Å²) in [5, 5.41) is 0.797. The molecule has 0 aliphatic heterocycles. The molecule has 0 saturated carbocycles. The Morgan fingerprint density at radius 1 is 1.18 bits per heavy atom. The summed E-state index contributed by atoms with van der Waals surface area (Å²) in [6.45, 7) is 3.93. The lowest BCUT2D eigenvalue weighted by molar-refractivity contribution is 0.602. The van der Waals surface area contributed by atoms with E-state index in [1.165, 1.54) is 17.8 Å². The van der Waals surface area contributed by atoms with Crippen molar-refractivity contribution in [1.82, 2.24) is 4.98 Å². The first-order chi connectivity index (χ1) is 8.04. The SMILES string of the molecule is Cc1cc(C)nc(Sc2ccc(N)cc2F)c1. The number of nitrogen functional groups attached to an aromatic ring is 1. The Bertz CT molecular complexity index is 535. The van der Waals surface area contributed by atoms with Gasteiger partial charge in [0.05, 0.1) is 0 Å². The van der Waals surface area contributed by atoms with Gasteiger partial charge >= 0.3 is 0 Å². The third kappa shape index (κ3) is 2.97. The van der Waals surface area contributed by atoms with Crippen molar-refractivity contribution in [1.29, 1.82) is 0 Å². The Kier molecular flexibility index (Phi) is 3.33. The monoisotopic (exact) mass is 248 g/mol. The maximum Gasteiger partial charge on any atom is 0.139 e. The van der Waals surface area contributed by atoms with Gasteiger partial charge in [-0.05, 0) is 49.7 Å². The van der Waals surface area contributed by atoms with Gasteiger partial charge in [-0.3, -0.25) is 0 Å². The minimum Gasteiger partial charge on any atom is -0.399 e. The average molecular weight is 248 g/mol. The van der Waals surface area contributed by atoms with E-state index in [2.05, 4.69) is 4.98 Å². The van der Waals surface area contributed by atoms with Crippen molar-refractivity contribution in [3.05, 3.63) is 47.4 Å². The average Bonchev–Trinajstić information content (AvgIpc) is 2.21. The molecule has 0 atom stereocenters. The van der Waals surface area contributed by atoms with Crippen LogP contribution >= 0.6 is 11.8 Å². The number of hydrogen-bond donors (Lipinski definition) is 1. The van der Waals surface area contributed by atoms with E-state index in [1.54, 1.807) is 12.1 Å². The van der Waals surface area contributed by atoms with E-state index in [0.29, 0.717) is 10.6 Å². The van der Waals surface area contributed by atoms with Gasteiger partial charge in [-0.2, -0.15) is 0 Å². The lowest BCUT2D eigenvalue weighted by Crippen LogP contribution is -1.90. The topological polar surface area (TPSA) is 38.9 Å². The van der Waals surface area contributed by atoms with Gasteiger partial charge in [0, 0.05) is 16.3 Å². The fourth-order valence-electron chi connectivity index (χ4n) is 1.57. The molecule has 0 aliphatic carbocycles. The van der Waals surface area contributed by atoms with Crippen LogP contribution in [0.1, 0.15) is 11.3 Å². The Labute approximate surface area is 104 Å². The molecular formula is C13H13FN2S. The summed E-state index contributed by atoms with van der Waals surface area (Å²) in [6, 6.07) is 8.62. The van der Waals surface area contributed by atoms with Crippen LogP contribution in [0.25, 0.3) is 0 Å². The predicted molar refractivity (Wildman–Crippen MR) is 68.6 cm³/mol. The van der Waals surface area contributed by atoms with Crippen molar-refractivity contribution >= 4 is 17.4 Å². The van der Waals surface area contributed by atoms with Crippen LogP contribution in [0.15, 0.2) is 40.3 Å². The molecule has 1 aromatic carbocycles. The number of benzene rings is 1. The summed E-state index contributed by atoms with van der Waals surface area (Å²) >= 11 is 1.31. The number of halogens is 1. The van der Waals surface area contributed by atoms with Crippen LogP contribution in [-0.4, -0.2) is 4.98 Å². The highest BCUT2D eigenvalue weighted by Crippen LogP contribution is 2.30. The highest BCUT2D eigenvalue weighted by Gasteiger charge is 2.06. The summed E-state index contributed by atoms with van der Waals surface area (Å²) < 4.78 is 13.6. The van der Waals surface area contributed by atoms with E-state index in [1.807, 2.05) is 26.0 Å². The van der Waals surface area contributed by atoms with Crippen LogP contribution in [0, 0.1) is 19.7 Å². The molecule has 17 heavy (non-hydrogen) atoms. The number of pyridine rings is 1. The van der Waals surface area contributed by atoms with E-state index in [-0.39, 0.29) is 5.82 Å². The second-order valence-corrected chi connectivity index (χ2v) is 4.98. The second-order valence-electron chi connectivity index (χ2n) is 3.92. The van der Waals surface area contributed by atoms with Gasteiger partial charge in [-0.25, -0.2) is 9.37 Å². The second kappa shape index (κ2) is 4.75. The van der Waals surface area contributed by atoms with Gasteiger partial charge in [0.25, 0.3) is 0 Å². The smallest absolute Gasteiger partial charge is 0.139 e. The highest BCUT2D eigenvalue weighted by molar-refractivity contribution is 7.99. The van der Waals surface area contributed by atoms with Gasteiger partial charge in [-0.1, -0.05) is 11.8 Å². The minimum atomic E-state index is -0.309. The minimum absolute atomic E-state index is 0.309. The molecule has 2 N–H and O–H groups in total. The van der Waals surface area contributed by atoms with Crippen LogP contribution in [0.3, 0.4) is 0 Å². The molecule has 4 heteroatoms. The fourth-order valence-corrected chi connectivity index (χ4v) is 2.52. The zero-order valence-electron chi connectivity index (χ0n) is 9.70. The summed E-state index contributed by atoms with van der Waals surface area (Å²) in [7, 11) is 0. The van der Waals surface area contributed by atoms with E-state index < -0.39 is 0 Å². The fraction of sp³-hybridized carbons (Fsp3) is 0.154. The molecule has 0 radical (unpaired) electrons. The highest BCUT2D eigenvalue weighted by atomic mass is 32.2. The molecule has 0 unspecified atom stereocenters. The Morgan fingerprint density at radius 2 is 1.94 bits per heavy atom. The number of nitrogens with two attached hydrogens (primary N) is 1. The number of hydrogen-bond acceptors (Lipinski definition) is 3. The summed E-state index contributed by atoms with van der Waals surface area (Å²) in [5.41, 5.74) is 7.99. The number of nitrogens with zero attached hydrogens (tertiary/aromatic N) is 1. The van der Waals surface area contributed by atoms with Crippen molar-refractivity contribution in [2.75, 3.05) is 5.73 Å². The summed E-state index contributed by atoms with van der Waals surface area (Å²) in [6.07, 6.45) is 0. The predicted octanol–water partition coefficient (Wildman–Crippen LogP) is 3.57. The van der Waals surface area contributed by atoms with E-state index in [4.69, 9.17) is 5.73 Å². The normalized spacial score (nSPS) is 10.5. The van der Waals surface area contributed by atoms with Crippen LogP contribution in [0.2, 0.25) is 0 Å². The van der Waals surface area contributed by atoms with Gasteiger partial charge in [-0.15, -0.1) is 0 Å². The zero-order valence-corrected chi connectivity index (χ0v) is 10.5. The summed E-state index contributed by atoms with van der Waals surface area (Å²) in [5.74, 6) is -0.309. The number of rotatable bonds is 2. The number of aromatic nitrogens is 1. The molecule has 88 valence electrons. The lowest BCUT2D eigenvalue weighted by Gasteiger charge is -2.05.